The lowest BCUT2D eigenvalue weighted by atomic mass is 10.2. The molecule has 1 saturated heterocycles. The number of nitrogens with one attached hydrogen (secondary N) is 1. The average Bonchev–Trinajstić information content (AvgIpc) is 2.26. The second-order valence-electron chi connectivity index (χ2n) is 4.31. The van der Waals surface area contributed by atoms with Crippen molar-refractivity contribution < 1.29 is 13.3 Å². The number of aromatic nitrogens is 2. The maximum Gasteiger partial charge on any atom is 0.352 e. The van der Waals surface area contributed by atoms with E-state index in [0.29, 0.717) is 12.8 Å². The summed E-state index contributed by atoms with van der Waals surface area (Å²) in [6.45, 7) is 0. The fourth-order valence-electron chi connectivity index (χ4n) is 2.01. The summed E-state index contributed by atoms with van der Waals surface area (Å²) in [6, 6.07) is -0.397. The number of nitro groups is 1. The average molecular weight is 287 g/mol. The molecule has 1 fully saturated rings. The standard InChI is InChI=1S/C9H13N5O4S/c10-8-7(14(15)16)9(12-5-11-8)13-6-2-1-3-19(17,18)4-6/h5-6H,1-4H2,(H3,10,11,12,13). The Bertz CT molecular complexity index is 603. The normalized spacial score (nSPS) is 21.8. The van der Waals surface area contributed by atoms with Crippen molar-refractivity contribution in [3.05, 3.63) is 16.4 Å². The molecule has 1 aromatic rings. The summed E-state index contributed by atoms with van der Waals surface area (Å²) in [6.07, 6.45) is 2.23. The highest BCUT2D eigenvalue weighted by molar-refractivity contribution is 7.91. The van der Waals surface area contributed by atoms with Gasteiger partial charge in [0.25, 0.3) is 0 Å². The Morgan fingerprint density at radius 2 is 2.21 bits per heavy atom. The number of hydrogen-bond acceptors (Lipinski definition) is 8. The van der Waals surface area contributed by atoms with Gasteiger partial charge in [0.2, 0.25) is 11.6 Å². The number of hydrogen-bond donors (Lipinski definition) is 2. The summed E-state index contributed by atoms with van der Waals surface area (Å²) in [5.41, 5.74) is 5.00. The van der Waals surface area contributed by atoms with Gasteiger partial charge in [0.15, 0.2) is 9.84 Å². The molecule has 0 aliphatic carbocycles. The Balaban J connectivity index is 2.24. The van der Waals surface area contributed by atoms with Crippen LogP contribution in [-0.4, -0.2) is 40.9 Å². The lowest BCUT2D eigenvalue weighted by Gasteiger charge is -2.23. The minimum atomic E-state index is -3.10. The molecule has 0 bridgehead atoms. The summed E-state index contributed by atoms with van der Waals surface area (Å²) < 4.78 is 23.0. The Labute approximate surface area is 109 Å². The summed E-state index contributed by atoms with van der Waals surface area (Å²) in [7, 11) is -3.10. The first kappa shape index (κ1) is 13.5. The molecule has 3 N–H and O–H groups in total. The van der Waals surface area contributed by atoms with Crippen LogP contribution in [0, 0.1) is 10.1 Å². The SMILES string of the molecule is Nc1ncnc(NC2CCCS(=O)(=O)C2)c1[N+](=O)[O-]. The van der Waals surface area contributed by atoms with Crippen LogP contribution in [0.1, 0.15) is 12.8 Å². The van der Waals surface area contributed by atoms with E-state index in [4.69, 9.17) is 5.73 Å². The van der Waals surface area contributed by atoms with Crippen LogP contribution in [0.2, 0.25) is 0 Å². The molecule has 9 nitrogen and oxygen atoms in total. The lowest BCUT2D eigenvalue weighted by molar-refractivity contribution is -0.383. The number of rotatable bonds is 3. The number of nitrogen functional groups attached to an aromatic ring is 1. The zero-order valence-electron chi connectivity index (χ0n) is 9.94. The Hall–Kier alpha value is -1.97. The number of nitrogens with zero attached hydrogens (tertiary/aromatic N) is 3. The molecular weight excluding hydrogens is 274 g/mol. The van der Waals surface area contributed by atoms with Gasteiger partial charge < -0.3 is 11.1 Å². The van der Waals surface area contributed by atoms with Crippen molar-refractivity contribution in [1.29, 1.82) is 0 Å². The van der Waals surface area contributed by atoms with E-state index in [-0.39, 0.29) is 23.1 Å². The van der Waals surface area contributed by atoms with Crippen molar-refractivity contribution in [1.82, 2.24) is 9.97 Å². The predicted molar refractivity (Wildman–Crippen MR) is 68.4 cm³/mol. The van der Waals surface area contributed by atoms with Crippen molar-refractivity contribution in [3.63, 3.8) is 0 Å². The van der Waals surface area contributed by atoms with Crippen LogP contribution in [0.5, 0.6) is 0 Å². The lowest BCUT2D eigenvalue weighted by Crippen LogP contribution is -2.35. The maximum atomic E-state index is 11.5. The fraction of sp³-hybridized carbons (Fsp3) is 0.556. The van der Waals surface area contributed by atoms with E-state index in [1.165, 1.54) is 0 Å². The zero-order chi connectivity index (χ0) is 14.0. The molecule has 2 heterocycles. The zero-order valence-corrected chi connectivity index (χ0v) is 10.8. The fourth-order valence-corrected chi connectivity index (χ4v) is 3.64. The van der Waals surface area contributed by atoms with E-state index in [9.17, 15) is 18.5 Å². The van der Waals surface area contributed by atoms with Gasteiger partial charge in [-0.25, -0.2) is 18.4 Å². The quantitative estimate of drug-likeness (QED) is 0.582. The Kier molecular flexibility index (Phi) is 3.51. The van der Waals surface area contributed by atoms with Crippen LogP contribution in [0.3, 0.4) is 0 Å². The third-order valence-electron chi connectivity index (χ3n) is 2.84. The molecule has 1 atom stereocenters. The van der Waals surface area contributed by atoms with Crippen molar-refractivity contribution in [2.75, 3.05) is 22.6 Å². The van der Waals surface area contributed by atoms with Crippen LogP contribution in [-0.2, 0) is 9.84 Å². The van der Waals surface area contributed by atoms with E-state index < -0.39 is 26.5 Å². The van der Waals surface area contributed by atoms with E-state index in [0.717, 1.165) is 6.33 Å². The molecule has 0 amide bonds. The third-order valence-corrected chi connectivity index (χ3v) is 4.66. The molecule has 1 aromatic heterocycles. The van der Waals surface area contributed by atoms with E-state index >= 15 is 0 Å². The van der Waals surface area contributed by atoms with Crippen molar-refractivity contribution in [2.24, 2.45) is 0 Å². The molecule has 1 aliphatic heterocycles. The smallest absolute Gasteiger partial charge is 0.352 e. The van der Waals surface area contributed by atoms with Gasteiger partial charge in [-0.3, -0.25) is 10.1 Å². The van der Waals surface area contributed by atoms with Gasteiger partial charge in [-0.2, -0.15) is 0 Å². The first-order valence-corrected chi connectivity index (χ1v) is 7.43. The minimum absolute atomic E-state index is 0.0420. The monoisotopic (exact) mass is 287 g/mol. The van der Waals surface area contributed by atoms with Crippen LogP contribution in [0.4, 0.5) is 17.3 Å². The molecule has 0 saturated carbocycles. The topological polar surface area (TPSA) is 141 Å². The van der Waals surface area contributed by atoms with Crippen molar-refractivity contribution >= 4 is 27.2 Å². The van der Waals surface area contributed by atoms with Gasteiger partial charge in [-0.1, -0.05) is 0 Å². The second-order valence-corrected chi connectivity index (χ2v) is 6.54. The first-order valence-electron chi connectivity index (χ1n) is 5.61. The summed E-state index contributed by atoms with van der Waals surface area (Å²) in [5, 5.41) is 13.7. The molecule has 0 radical (unpaired) electrons. The molecule has 2 rings (SSSR count). The second kappa shape index (κ2) is 4.96. The largest absolute Gasteiger partial charge is 0.378 e. The molecule has 0 spiro atoms. The van der Waals surface area contributed by atoms with Crippen molar-refractivity contribution in [2.45, 2.75) is 18.9 Å². The van der Waals surface area contributed by atoms with Crippen LogP contribution >= 0.6 is 0 Å². The van der Waals surface area contributed by atoms with Gasteiger partial charge in [0, 0.05) is 6.04 Å². The molecule has 104 valence electrons. The van der Waals surface area contributed by atoms with Gasteiger partial charge in [0.1, 0.15) is 6.33 Å². The third kappa shape index (κ3) is 3.08. The summed E-state index contributed by atoms with van der Waals surface area (Å²) in [5.74, 6) is -0.200. The van der Waals surface area contributed by atoms with Gasteiger partial charge in [0.05, 0.1) is 16.4 Å². The predicted octanol–water partition coefficient (Wildman–Crippen LogP) is -0.0439. The number of nitrogens with two attached hydrogens (primary N) is 1. The highest BCUT2D eigenvalue weighted by atomic mass is 32.2. The summed E-state index contributed by atoms with van der Waals surface area (Å²) >= 11 is 0. The highest BCUT2D eigenvalue weighted by Crippen LogP contribution is 2.28. The maximum absolute atomic E-state index is 11.5. The molecule has 1 aliphatic rings. The molecule has 1 unspecified atom stereocenters. The number of sulfone groups is 1. The van der Waals surface area contributed by atoms with Crippen LogP contribution in [0.15, 0.2) is 6.33 Å². The van der Waals surface area contributed by atoms with Crippen molar-refractivity contribution in [3.8, 4) is 0 Å². The van der Waals surface area contributed by atoms with Crippen LogP contribution < -0.4 is 11.1 Å². The van der Waals surface area contributed by atoms with Gasteiger partial charge >= 0.3 is 5.69 Å². The number of anilines is 2. The minimum Gasteiger partial charge on any atom is -0.378 e. The van der Waals surface area contributed by atoms with E-state index in [1.54, 1.807) is 0 Å². The first-order chi connectivity index (χ1) is 8.89. The highest BCUT2D eigenvalue weighted by Gasteiger charge is 2.28. The molecular formula is C9H13N5O4S. The Morgan fingerprint density at radius 3 is 2.84 bits per heavy atom. The molecule has 10 heteroatoms. The Morgan fingerprint density at radius 1 is 1.47 bits per heavy atom. The van der Waals surface area contributed by atoms with Gasteiger partial charge in [-0.05, 0) is 12.8 Å². The van der Waals surface area contributed by atoms with E-state index in [2.05, 4.69) is 15.3 Å². The molecule has 19 heavy (non-hydrogen) atoms. The molecule has 0 aromatic carbocycles. The van der Waals surface area contributed by atoms with Gasteiger partial charge in [-0.15, -0.1) is 0 Å². The van der Waals surface area contributed by atoms with E-state index in [1.807, 2.05) is 0 Å². The summed E-state index contributed by atoms with van der Waals surface area (Å²) in [4.78, 5) is 17.5. The van der Waals surface area contributed by atoms with Crippen LogP contribution in [0.25, 0.3) is 0 Å².